The molecule has 0 aliphatic carbocycles. The summed E-state index contributed by atoms with van der Waals surface area (Å²) < 4.78 is 39.3. The minimum atomic E-state index is -3.42. The van der Waals surface area contributed by atoms with Crippen molar-refractivity contribution in [1.82, 2.24) is 9.97 Å². The fourth-order valence-corrected chi connectivity index (χ4v) is 2.44. The zero-order valence-electron chi connectivity index (χ0n) is 11.3. The molecule has 108 valence electrons. The first-order valence-corrected chi connectivity index (χ1v) is 7.83. The Morgan fingerprint density at radius 3 is 2.75 bits per heavy atom. The number of benzene rings is 1. The van der Waals surface area contributed by atoms with Crippen molar-refractivity contribution in [2.24, 2.45) is 0 Å². The number of nitrogens with one attached hydrogen (secondary N) is 2. The molecule has 2 N–H and O–H groups in total. The Hall–Kier alpha value is -1.89. The Morgan fingerprint density at radius 1 is 1.40 bits per heavy atom. The third kappa shape index (κ3) is 3.36. The molecule has 0 aliphatic heterocycles. The number of rotatable bonds is 5. The number of halogens is 1. The molecule has 1 aromatic carbocycles. The molecule has 5 nitrogen and oxygen atoms in total. The van der Waals surface area contributed by atoms with Crippen LogP contribution in [0.4, 0.5) is 10.1 Å². The number of hydrogen-bond acceptors (Lipinski definition) is 3. The van der Waals surface area contributed by atoms with E-state index in [9.17, 15) is 12.8 Å². The monoisotopic (exact) mass is 297 g/mol. The second-order valence-corrected chi connectivity index (χ2v) is 6.51. The van der Waals surface area contributed by atoms with Gasteiger partial charge < -0.3 is 4.98 Å². The molecule has 2 aromatic rings. The Kier molecular flexibility index (Phi) is 4.08. The zero-order chi connectivity index (χ0) is 14.8. The second kappa shape index (κ2) is 5.62. The average molecular weight is 297 g/mol. The highest BCUT2D eigenvalue weighted by atomic mass is 32.2. The lowest BCUT2D eigenvalue weighted by molar-refractivity contribution is 0.602. The summed E-state index contributed by atoms with van der Waals surface area (Å²) in [6.45, 7) is 3.19. The third-order valence-electron chi connectivity index (χ3n) is 3.04. The summed E-state index contributed by atoms with van der Waals surface area (Å²) in [6.07, 6.45) is 3.66. The zero-order valence-corrected chi connectivity index (χ0v) is 12.1. The van der Waals surface area contributed by atoms with Gasteiger partial charge in [-0.1, -0.05) is 0 Å². The normalized spacial score (nSPS) is 11.6. The number of sulfonamides is 1. The van der Waals surface area contributed by atoms with Crippen LogP contribution in [0.1, 0.15) is 23.7 Å². The van der Waals surface area contributed by atoms with Gasteiger partial charge >= 0.3 is 0 Å². The van der Waals surface area contributed by atoms with Crippen LogP contribution in [0, 0.1) is 12.7 Å². The molecule has 0 aliphatic rings. The Bertz CT molecular complexity index is 697. The van der Waals surface area contributed by atoms with Crippen molar-refractivity contribution in [2.45, 2.75) is 20.3 Å². The molecule has 0 bridgehead atoms. The molecule has 0 atom stereocenters. The van der Waals surface area contributed by atoms with Crippen molar-refractivity contribution < 1.29 is 12.8 Å². The fourth-order valence-electron chi connectivity index (χ4n) is 1.82. The predicted octanol–water partition coefficient (Wildman–Crippen LogP) is 2.21. The van der Waals surface area contributed by atoms with Gasteiger partial charge in [0, 0.05) is 18.3 Å². The standard InChI is InChI=1S/C13H16FN3O2S/c1-3-20(18,19)17-11-4-10(9(2)13(14)6-11)5-12-7-15-8-16-12/h4,6-8,17H,3,5H2,1-2H3,(H,15,16). The lowest BCUT2D eigenvalue weighted by Crippen LogP contribution is -2.15. The van der Waals surface area contributed by atoms with Gasteiger partial charge in [0.2, 0.25) is 10.0 Å². The molecule has 0 radical (unpaired) electrons. The Morgan fingerprint density at radius 2 is 2.15 bits per heavy atom. The molecule has 0 amide bonds. The van der Waals surface area contributed by atoms with Gasteiger partial charge in [0.25, 0.3) is 0 Å². The van der Waals surface area contributed by atoms with Crippen LogP contribution in [-0.4, -0.2) is 24.1 Å². The van der Waals surface area contributed by atoms with Gasteiger partial charge in [0.15, 0.2) is 0 Å². The summed E-state index contributed by atoms with van der Waals surface area (Å²) in [5.74, 6) is -0.492. The van der Waals surface area contributed by atoms with Gasteiger partial charge in [-0.15, -0.1) is 0 Å². The van der Waals surface area contributed by atoms with E-state index in [1.165, 1.54) is 13.0 Å². The average Bonchev–Trinajstić information content (AvgIpc) is 2.88. The largest absolute Gasteiger partial charge is 0.348 e. The van der Waals surface area contributed by atoms with Crippen molar-refractivity contribution in [3.63, 3.8) is 0 Å². The van der Waals surface area contributed by atoms with E-state index in [-0.39, 0.29) is 11.4 Å². The summed E-state index contributed by atoms with van der Waals surface area (Å²) in [7, 11) is -3.42. The summed E-state index contributed by atoms with van der Waals surface area (Å²) in [5, 5.41) is 0. The van der Waals surface area contributed by atoms with E-state index in [2.05, 4.69) is 14.7 Å². The van der Waals surface area contributed by atoms with E-state index in [1.54, 1.807) is 25.5 Å². The predicted molar refractivity (Wildman–Crippen MR) is 75.6 cm³/mol. The van der Waals surface area contributed by atoms with E-state index in [1.807, 2.05) is 0 Å². The fraction of sp³-hybridized carbons (Fsp3) is 0.308. The number of aromatic amines is 1. The van der Waals surface area contributed by atoms with Crippen molar-refractivity contribution in [1.29, 1.82) is 0 Å². The molecule has 20 heavy (non-hydrogen) atoms. The third-order valence-corrected chi connectivity index (χ3v) is 4.35. The van der Waals surface area contributed by atoms with Crippen LogP contribution < -0.4 is 4.72 Å². The van der Waals surface area contributed by atoms with E-state index in [0.29, 0.717) is 17.5 Å². The quantitative estimate of drug-likeness (QED) is 0.888. The van der Waals surface area contributed by atoms with Crippen LogP contribution in [0.3, 0.4) is 0 Å². The molecule has 0 saturated carbocycles. The maximum Gasteiger partial charge on any atom is 0.232 e. The minimum Gasteiger partial charge on any atom is -0.348 e. The van der Waals surface area contributed by atoms with Crippen molar-refractivity contribution in [3.05, 3.63) is 47.3 Å². The van der Waals surface area contributed by atoms with Crippen molar-refractivity contribution in [2.75, 3.05) is 10.5 Å². The lowest BCUT2D eigenvalue weighted by atomic mass is 10.0. The van der Waals surface area contributed by atoms with Crippen LogP contribution in [0.5, 0.6) is 0 Å². The van der Waals surface area contributed by atoms with E-state index in [0.717, 1.165) is 5.69 Å². The summed E-state index contributed by atoms with van der Waals surface area (Å²) in [4.78, 5) is 6.84. The molecular weight excluding hydrogens is 281 g/mol. The smallest absolute Gasteiger partial charge is 0.232 e. The second-order valence-electron chi connectivity index (χ2n) is 4.50. The van der Waals surface area contributed by atoms with Crippen LogP contribution in [0.15, 0.2) is 24.7 Å². The maximum atomic E-state index is 13.9. The summed E-state index contributed by atoms with van der Waals surface area (Å²) >= 11 is 0. The molecule has 0 fully saturated rings. The molecule has 0 spiro atoms. The first-order valence-electron chi connectivity index (χ1n) is 6.18. The number of imidazole rings is 1. The summed E-state index contributed by atoms with van der Waals surface area (Å²) in [5.41, 5.74) is 2.29. The highest BCUT2D eigenvalue weighted by Gasteiger charge is 2.12. The highest BCUT2D eigenvalue weighted by Crippen LogP contribution is 2.22. The van der Waals surface area contributed by atoms with Gasteiger partial charge in [0.05, 0.1) is 17.8 Å². The van der Waals surface area contributed by atoms with E-state index >= 15 is 0 Å². The Labute approximate surface area is 117 Å². The number of aromatic nitrogens is 2. The van der Waals surface area contributed by atoms with Gasteiger partial charge in [0.1, 0.15) is 5.82 Å². The van der Waals surface area contributed by atoms with Gasteiger partial charge in [-0.3, -0.25) is 4.72 Å². The van der Waals surface area contributed by atoms with Crippen LogP contribution in [0.2, 0.25) is 0 Å². The molecule has 7 heteroatoms. The molecule has 2 rings (SSSR count). The number of hydrogen-bond donors (Lipinski definition) is 2. The molecule has 1 aromatic heterocycles. The molecular formula is C13H16FN3O2S. The van der Waals surface area contributed by atoms with E-state index in [4.69, 9.17) is 0 Å². The molecule has 0 saturated heterocycles. The van der Waals surface area contributed by atoms with Crippen LogP contribution in [0.25, 0.3) is 0 Å². The number of H-pyrrole nitrogens is 1. The number of anilines is 1. The van der Waals surface area contributed by atoms with Gasteiger partial charge in [-0.25, -0.2) is 17.8 Å². The Balaban J connectivity index is 2.34. The number of nitrogens with zero attached hydrogens (tertiary/aromatic N) is 1. The minimum absolute atomic E-state index is 0.0572. The molecule has 0 unspecified atom stereocenters. The topological polar surface area (TPSA) is 74.8 Å². The van der Waals surface area contributed by atoms with Gasteiger partial charge in [-0.05, 0) is 37.1 Å². The van der Waals surface area contributed by atoms with Crippen LogP contribution in [-0.2, 0) is 16.4 Å². The van der Waals surface area contributed by atoms with Gasteiger partial charge in [-0.2, -0.15) is 0 Å². The first kappa shape index (κ1) is 14.5. The molecule has 1 heterocycles. The first-order chi connectivity index (χ1) is 9.41. The van der Waals surface area contributed by atoms with Crippen molar-refractivity contribution >= 4 is 15.7 Å². The summed E-state index contributed by atoms with van der Waals surface area (Å²) in [6, 6.07) is 2.84. The maximum absolute atomic E-state index is 13.9. The van der Waals surface area contributed by atoms with Crippen molar-refractivity contribution in [3.8, 4) is 0 Å². The van der Waals surface area contributed by atoms with Crippen LogP contribution >= 0.6 is 0 Å². The van der Waals surface area contributed by atoms with E-state index < -0.39 is 15.8 Å². The lowest BCUT2D eigenvalue weighted by Gasteiger charge is -2.11. The highest BCUT2D eigenvalue weighted by molar-refractivity contribution is 7.92. The SMILES string of the molecule is CCS(=O)(=O)Nc1cc(F)c(C)c(Cc2cnc[nH]2)c1.